The molecule has 1 unspecified atom stereocenters. The van der Waals surface area contributed by atoms with Crippen molar-refractivity contribution in [1.82, 2.24) is 0 Å². The highest BCUT2D eigenvalue weighted by Gasteiger charge is 2.40. The van der Waals surface area contributed by atoms with Gasteiger partial charge in [-0.25, -0.2) is 0 Å². The monoisotopic (exact) mass is 232 g/mol. The molecule has 1 heterocycles. The van der Waals surface area contributed by atoms with Gasteiger partial charge in [0.1, 0.15) is 17.4 Å². The fourth-order valence-electron chi connectivity index (χ4n) is 2.66. The number of aliphatic hydroxyl groups excluding tert-OH is 1. The van der Waals surface area contributed by atoms with E-state index in [1.165, 1.54) is 0 Å². The summed E-state index contributed by atoms with van der Waals surface area (Å²) in [6, 6.07) is 9.44. The molecule has 0 amide bonds. The van der Waals surface area contributed by atoms with Crippen molar-refractivity contribution in [3.8, 4) is 0 Å². The number of rotatable bonds is 2. The summed E-state index contributed by atoms with van der Waals surface area (Å²) in [6.45, 7) is 0. The van der Waals surface area contributed by atoms with Gasteiger partial charge in [0, 0.05) is 5.39 Å². The van der Waals surface area contributed by atoms with E-state index in [1.807, 2.05) is 30.3 Å². The van der Waals surface area contributed by atoms with Crippen molar-refractivity contribution >= 4 is 11.0 Å². The molecule has 3 nitrogen and oxygen atoms in total. The average molecular weight is 232 g/mol. The molecule has 0 spiro atoms. The van der Waals surface area contributed by atoms with Crippen molar-refractivity contribution in [3.05, 3.63) is 36.1 Å². The van der Waals surface area contributed by atoms with Crippen LogP contribution in [0.5, 0.6) is 0 Å². The van der Waals surface area contributed by atoms with E-state index < -0.39 is 11.7 Å². The van der Waals surface area contributed by atoms with Crippen LogP contribution < -0.4 is 0 Å². The molecule has 1 saturated carbocycles. The van der Waals surface area contributed by atoms with Gasteiger partial charge in [-0.05, 0) is 25.0 Å². The summed E-state index contributed by atoms with van der Waals surface area (Å²) in [5.74, 6) is 0.468. The van der Waals surface area contributed by atoms with Gasteiger partial charge in [-0.1, -0.05) is 31.0 Å². The standard InChI is InChI=1S/C14H16O3/c15-13(14(16)7-3-4-8-14)12-9-10-5-1-2-6-11(10)17-12/h1-2,5-6,9,13,15-16H,3-4,7-8H2. The Kier molecular flexibility index (Phi) is 2.45. The number of furan rings is 1. The minimum Gasteiger partial charge on any atom is -0.458 e. The zero-order valence-corrected chi connectivity index (χ0v) is 9.60. The minimum absolute atomic E-state index is 0.468. The Labute approximate surface area is 99.7 Å². The largest absolute Gasteiger partial charge is 0.458 e. The fourth-order valence-corrected chi connectivity index (χ4v) is 2.66. The van der Waals surface area contributed by atoms with E-state index in [9.17, 15) is 10.2 Å². The number of para-hydroxylation sites is 1. The van der Waals surface area contributed by atoms with Crippen LogP contribution in [0.3, 0.4) is 0 Å². The number of hydrogen-bond donors (Lipinski definition) is 2. The first-order valence-electron chi connectivity index (χ1n) is 6.08. The summed E-state index contributed by atoms with van der Waals surface area (Å²) in [5.41, 5.74) is -0.253. The normalized spacial score (nSPS) is 20.8. The van der Waals surface area contributed by atoms with Crippen molar-refractivity contribution < 1.29 is 14.6 Å². The predicted molar refractivity (Wildman–Crippen MR) is 64.6 cm³/mol. The van der Waals surface area contributed by atoms with Crippen LogP contribution >= 0.6 is 0 Å². The van der Waals surface area contributed by atoms with Crippen LogP contribution in [0.25, 0.3) is 11.0 Å². The maximum absolute atomic E-state index is 10.3. The summed E-state index contributed by atoms with van der Waals surface area (Å²) in [6.07, 6.45) is 2.30. The summed E-state index contributed by atoms with van der Waals surface area (Å²) in [5, 5.41) is 21.5. The van der Waals surface area contributed by atoms with Gasteiger partial charge in [0.05, 0.1) is 5.60 Å². The first kappa shape index (κ1) is 10.8. The van der Waals surface area contributed by atoms with E-state index >= 15 is 0 Å². The first-order chi connectivity index (χ1) is 8.19. The lowest BCUT2D eigenvalue weighted by Crippen LogP contribution is -2.32. The maximum atomic E-state index is 10.3. The summed E-state index contributed by atoms with van der Waals surface area (Å²) in [4.78, 5) is 0. The molecule has 0 bridgehead atoms. The van der Waals surface area contributed by atoms with Crippen LogP contribution in [-0.4, -0.2) is 15.8 Å². The molecule has 0 radical (unpaired) electrons. The van der Waals surface area contributed by atoms with E-state index in [0.29, 0.717) is 18.6 Å². The molecule has 1 aliphatic carbocycles. The topological polar surface area (TPSA) is 53.6 Å². The lowest BCUT2D eigenvalue weighted by molar-refractivity contribution is -0.0801. The lowest BCUT2D eigenvalue weighted by atomic mass is 9.93. The molecule has 1 aliphatic rings. The Morgan fingerprint density at radius 1 is 1.18 bits per heavy atom. The van der Waals surface area contributed by atoms with Crippen molar-refractivity contribution in [3.63, 3.8) is 0 Å². The van der Waals surface area contributed by atoms with Gasteiger partial charge in [0.25, 0.3) is 0 Å². The van der Waals surface area contributed by atoms with Gasteiger partial charge in [0.15, 0.2) is 0 Å². The number of fused-ring (bicyclic) bond motifs is 1. The van der Waals surface area contributed by atoms with Crippen molar-refractivity contribution in [2.75, 3.05) is 0 Å². The van der Waals surface area contributed by atoms with Crippen LogP contribution in [0.4, 0.5) is 0 Å². The van der Waals surface area contributed by atoms with E-state index in [4.69, 9.17) is 4.42 Å². The van der Waals surface area contributed by atoms with Gasteiger partial charge >= 0.3 is 0 Å². The van der Waals surface area contributed by atoms with Gasteiger partial charge in [-0.2, -0.15) is 0 Å². The first-order valence-corrected chi connectivity index (χ1v) is 6.08. The molecule has 3 rings (SSSR count). The molecule has 3 heteroatoms. The van der Waals surface area contributed by atoms with E-state index in [2.05, 4.69) is 0 Å². The molecule has 0 saturated heterocycles. The minimum atomic E-state index is -1.01. The number of hydrogen-bond acceptors (Lipinski definition) is 3. The maximum Gasteiger partial charge on any atom is 0.140 e. The van der Waals surface area contributed by atoms with E-state index in [-0.39, 0.29) is 0 Å². The Morgan fingerprint density at radius 3 is 2.59 bits per heavy atom. The molecule has 90 valence electrons. The highest BCUT2D eigenvalue weighted by molar-refractivity contribution is 5.77. The van der Waals surface area contributed by atoms with Gasteiger partial charge < -0.3 is 14.6 Å². The molecule has 17 heavy (non-hydrogen) atoms. The Bertz CT molecular complexity index is 490. The SMILES string of the molecule is OC(c1cc2ccccc2o1)C1(O)CCCC1. The third-order valence-corrected chi connectivity index (χ3v) is 3.69. The molecule has 1 atom stereocenters. The van der Waals surface area contributed by atoms with Gasteiger partial charge in [-0.3, -0.25) is 0 Å². The second-order valence-corrected chi connectivity index (χ2v) is 4.90. The van der Waals surface area contributed by atoms with E-state index in [0.717, 1.165) is 23.8 Å². The zero-order valence-electron chi connectivity index (χ0n) is 9.60. The van der Waals surface area contributed by atoms with Crippen LogP contribution in [0.15, 0.2) is 34.7 Å². The van der Waals surface area contributed by atoms with Gasteiger partial charge in [0.2, 0.25) is 0 Å². The predicted octanol–water partition coefficient (Wildman–Crippen LogP) is 2.77. The molecular formula is C14H16O3. The number of benzene rings is 1. The fraction of sp³-hybridized carbons (Fsp3) is 0.429. The Morgan fingerprint density at radius 2 is 1.88 bits per heavy atom. The molecule has 0 aliphatic heterocycles. The number of aliphatic hydroxyl groups is 2. The van der Waals surface area contributed by atoms with Crippen LogP contribution in [0.1, 0.15) is 37.5 Å². The van der Waals surface area contributed by atoms with Crippen molar-refractivity contribution in [2.24, 2.45) is 0 Å². The summed E-state index contributed by atoms with van der Waals surface area (Å²) in [7, 11) is 0. The van der Waals surface area contributed by atoms with Gasteiger partial charge in [-0.15, -0.1) is 0 Å². The third kappa shape index (κ3) is 1.75. The summed E-state index contributed by atoms with van der Waals surface area (Å²) < 4.78 is 5.60. The summed E-state index contributed by atoms with van der Waals surface area (Å²) >= 11 is 0. The average Bonchev–Trinajstić information content (AvgIpc) is 2.94. The second-order valence-electron chi connectivity index (χ2n) is 4.90. The quantitative estimate of drug-likeness (QED) is 0.837. The highest BCUT2D eigenvalue weighted by Crippen LogP contribution is 2.40. The lowest BCUT2D eigenvalue weighted by Gasteiger charge is -2.26. The smallest absolute Gasteiger partial charge is 0.140 e. The Balaban J connectivity index is 1.97. The molecule has 1 fully saturated rings. The molecule has 1 aromatic heterocycles. The van der Waals surface area contributed by atoms with Crippen LogP contribution in [0.2, 0.25) is 0 Å². The van der Waals surface area contributed by atoms with E-state index in [1.54, 1.807) is 0 Å². The van der Waals surface area contributed by atoms with Crippen molar-refractivity contribution in [2.45, 2.75) is 37.4 Å². The third-order valence-electron chi connectivity index (χ3n) is 3.69. The Hall–Kier alpha value is -1.32. The molecular weight excluding hydrogens is 216 g/mol. The van der Waals surface area contributed by atoms with Crippen LogP contribution in [-0.2, 0) is 0 Å². The molecule has 2 aromatic rings. The van der Waals surface area contributed by atoms with Crippen LogP contribution in [0, 0.1) is 0 Å². The zero-order chi connectivity index (χ0) is 11.9. The molecule has 2 N–H and O–H groups in total. The highest BCUT2D eigenvalue weighted by atomic mass is 16.4. The van der Waals surface area contributed by atoms with Crippen molar-refractivity contribution in [1.29, 1.82) is 0 Å². The molecule has 1 aromatic carbocycles. The second kappa shape index (κ2) is 3.86.